The van der Waals surface area contributed by atoms with Gasteiger partial charge in [-0.3, -0.25) is 9.36 Å². The van der Waals surface area contributed by atoms with E-state index in [1.807, 2.05) is 45.9 Å². The molecule has 0 bridgehead atoms. The third kappa shape index (κ3) is 8.54. The van der Waals surface area contributed by atoms with Gasteiger partial charge in [0.25, 0.3) is 0 Å². The van der Waals surface area contributed by atoms with Crippen LogP contribution in [0.2, 0.25) is 0 Å². The minimum Gasteiger partial charge on any atom is -0.491 e. The van der Waals surface area contributed by atoms with Gasteiger partial charge in [0.05, 0.1) is 43.7 Å². The number of rotatable bonds is 13. The van der Waals surface area contributed by atoms with E-state index in [0.29, 0.717) is 22.3 Å². The second-order valence-corrected chi connectivity index (χ2v) is 10.5. The van der Waals surface area contributed by atoms with Gasteiger partial charge in [-0.2, -0.15) is 0 Å². The molecular weight excluding hydrogens is 451 g/mol. The lowest BCUT2D eigenvalue weighted by Gasteiger charge is -2.17. The monoisotopic (exact) mass is 484 g/mol. The fraction of sp³-hybridized carbons (Fsp3) is 0.545. The summed E-state index contributed by atoms with van der Waals surface area (Å²) in [7, 11) is -3.25. The summed E-state index contributed by atoms with van der Waals surface area (Å²) in [6.07, 6.45) is 0.176. The minimum atomic E-state index is -3.25. The molecule has 1 aromatic heterocycles. The number of hydrogen-bond acceptors (Lipinski definition) is 8. The van der Waals surface area contributed by atoms with Crippen LogP contribution in [-0.4, -0.2) is 36.3 Å². The predicted octanol–water partition coefficient (Wildman–Crippen LogP) is 5.66. The molecule has 0 aliphatic rings. The molecule has 0 spiro atoms. The van der Waals surface area contributed by atoms with E-state index in [4.69, 9.17) is 18.5 Å². The van der Waals surface area contributed by atoms with Crippen LogP contribution in [0, 0.1) is 0 Å². The van der Waals surface area contributed by atoms with Gasteiger partial charge in [0.2, 0.25) is 5.91 Å². The van der Waals surface area contributed by atoms with Crippen molar-refractivity contribution >= 4 is 30.0 Å². The molecule has 0 unspecified atom stereocenters. The van der Waals surface area contributed by atoms with E-state index in [2.05, 4.69) is 10.3 Å². The predicted molar refractivity (Wildman–Crippen MR) is 127 cm³/mol. The van der Waals surface area contributed by atoms with Crippen molar-refractivity contribution in [3.05, 3.63) is 34.8 Å². The largest absolute Gasteiger partial charge is 0.491 e. The third-order valence-electron chi connectivity index (χ3n) is 3.93. The maximum atomic E-state index is 12.7. The number of ether oxygens (including phenoxy) is 2. The maximum Gasteiger partial charge on any atom is 0.336 e. The van der Waals surface area contributed by atoms with Crippen LogP contribution in [0.25, 0.3) is 0 Å². The van der Waals surface area contributed by atoms with Crippen molar-refractivity contribution in [3.8, 4) is 11.5 Å². The van der Waals surface area contributed by atoms with E-state index in [0.717, 1.165) is 5.56 Å². The van der Waals surface area contributed by atoms with Crippen LogP contribution in [0.15, 0.2) is 23.6 Å². The second kappa shape index (κ2) is 12.3. The number of benzene rings is 1. The van der Waals surface area contributed by atoms with E-state index in [1.54, 1.807) is 19.2 Å². The Balaban J connectivity index is 2.07. The highest BCUT2D eigenvalue weighted by atomic mass is 32.1. The molecular formula is C22H33N2O6PS. The number of anilines is 1. The molecule has 10 heteroatoms. The number of carbonyl (C=O) groups is 1. The lowest BCUT2D eigenvalue weighted by molar-refractivity contribution is -0.115. The molecule has 0 atom stereocenters. The Morgan fingerprint density at radius 1 is 1.09 bits per heavy atom. The van der Waals surface area contributed by atoms with Crippen LogP contribution in [0.4, 0.5) is 5.13 Å². The molecule has 0 saturated heterocycles. The number of amides is 1. The molecule has 32 heavy (non-hydrogen) atoms. The Bertz CT molecular complexity index is 921. The SMILES string of the molecule is CCOP(=O)(Cc1csc(NC(=O)Cc2ccc(OC(C)C)cc2OC(C)C)n1)OCC. The van der Waals surface area contributed by atoms with Crippen molar-refractivity contribution in [1.29, 1.82) is 0 Å². The summed E-state index contributed by atoms with van der Waals surface area (Å²) in [5.41, 5.74) is 1.30. The molecule has 2 rings (SSSR count). The number of thiazole rings is 1. The first-order valence-corrected chi connectivity index (χ1v) is 13.3. The van der Waals surface area contributed by atoms with Crippen LogP contribution in [0.1, 0.15) is 52.8 Å². The van der Waals surface area contributed by atoms with Gasteiger partial charge < -0.3 is 23.8 Å². The summed E-state index contributed by atoms with van der Waals surface area (Å²) in [6, 6.07) is 5.47. The lowest BCUT2D eigenvalue weighted by Crippen LogP contribution is -2.16. The molecule has 178 valence electrons. The highest BCUT2D eigenvalue weighted by Crippen LogP contribution is 2.51. The Hall–Kier alpha value is -1.93. The van der Waals surface area contributed by atoms with Gasteiger partial charge in [0.1, 0.15) is 11.5 Å². The molecule has 1 aromatic carbocycles. The second-order valence-electron chi connectivity index (χ2n) is 7.58. The summed E-state index contributed by atoms with van der Waals surface area (Å²) >= 11 is 1.26. The molecule has 0 aliphatic heterocycles. The van der Waals surface area contributed by atoms with Crippen molar-refractivity contribution < 1.29 is 27.9 Å². The zero-order valence-corrected chi connectivity index (χ0v) is 21.3. The Kier molecular flexibility index (Phi) is 10.2. The lowest BCUT2D eigenvalue weighted by atomic mass is 10.1. The van der Waals surface area contributed by atoms with E-state index in [-0.39, 0.29) is 43.9 Å². The van der Waals surface area contributed by atoms with Gasteiger partial charge in [-0.15, -0.1) is 11.3 Å². The van der Waals surface area contributed by atoms with E-state index in [9.17, 15) is 9.36 Å². The first kappa shape index (κ1) is 26.3. The first-order valence-electron chi connectivity index (χ1n) is 10.7. The Morgan fingerprint density at radius 3 is 2.34 bits per heavy atom. The smallest absolute Gasteiger partial charge is 0.336 e. The van der Waals surface area contributed by atoms with Gasteiger partial charge in [0, 0.05) is 17.0 Å². The van der Waals surface area contributed by atoms with E-state index in [1.165, 1.54) is 11.3 Å². The van der Waals surface area contributed by atoms with Gasteiger partial charge in [-0.05, 0) is 47.6 Å². The number of aromatic nitrogens is 1. The molecule has 0 aliphatic carbocycles. The van der Waals surface area contributed by atoms with Crippen molar-refractivity contribution in [2.24, 2.45) is 0 Å². The maximum absolute atomic E-state index is 12.7. The zero-order valence-electron chi connectivity index (χ0n) is 19.5. The zero-order chi connectivity index (χ0) is 23.7. The van der Waals surface area contributed by atoms with Gasteiger partial charge in [0.15, 0.2) is 5.13 Å². The number of carbonyl (C=O) groups excluding carboxylic acids is 1. The van der Waals surface area contributed by atoms with Gasteiger partial charge in [-0.1, -0.05) is 6.07 Å². The minimum absolute atomic E-state index is 0.0379. The average Bonchev–Trinajstić information content (AvgIpc) is 3.09. The summed E-state index contributed by atoms with van der Waals surface area (Å²) in [4.78, 5) is 17.0. The molecule has 0 radical (unpaired) electrons. The van der Waals surface area contributed by atoms with Gasteiger partial charge in [-0.25, -0.2) is 4.98 Å². The molecule has 1 heterocycles. The van der Waals surface area contributed by atoms with Crippen LogP contribution >= 0.6 is 18.9 Å². The molecule has 1 N–H and O–H groups in total. The number of hydrogen-bond donors (Lipinski definition) is 1. The summed E-state index contributed by atoms with van der Waals surface area (Å²) in [5.74, 6) is 1.08. The number of nitrogens with one attached hydrogen (secondary N) is 1. The third-order valence-corrected chi connectivity index (χ3v) is 6.75. The van der Waals surface area contributed by atoms with Crippen LogP contribution in [0.3, 0.4) is 0 Å². The quantitative estimate of drug-likeness (QED) is 0.366. The summed E-state index contributed by atoms with van der Waals surface area (Å²) < 4.78 is 34.9. The molecule has 2 aromatic rings. The van der Waals surface area contributed by atoms with Crippen LogP contribution < -0.4 is 14.8 Å². The van der Waals surface area contributed by atoms with E-state index >= 15 is 0 Å². The normalized spacial score (nSPS) is 11.8. The summed E-state index contributed by atoms with van der Waals surface area (Å²) in [5, 5.41) is 4.97. The fourth-order valence-corrected chi connectivity index (χ4v) is 5.34. The summed E-state index contributed by atoms with van der Waals surface area (Å²) in [6.45, 7) is 11.9. The molecule has 0 fully saturated rings. The topological polar surface area (TPSA) is 96.0 Å². The fourth-order valence-electron chi connectivity index (χ4n) is 2.88. The van der Waals surface area contributed by atoms with Crippen molar-refractivity contribution in [2.45, 2.75) is 66.3 Å². The highest BCUT2D eigenvalue weighted by molar-refractivity contribution is 7.53. The Morgan fingerprint density at radius 2 is 1.75 bits per heavy atom. The Labute approximate surface area is 194 Å². The van der Waals surface area contributed by atoms with Crippen molar-refractivity contribution in [2.75, 3.05) is 18.5 Å². The molecule has 1 amide bonds. The average molecular weight is 485 g/mol. The van der Waals surface area contributed by atoms with Gasteiger partial charge >= 0.3 is 7.60 Å². The number of nitrogens with zero attached hydrogens (tertiary/aromatic N) is 1. The first-order chi connectivity index (χ1) is 15.1. The highest BCUT2D eigenvalue weighted by Gasteiger charge is 2.25. The standard InChI is InChI=1S/C22H33N2O6PS/c1-7-27-31(26,28-8-2)13-18-14-32-22(23-18)24-21(25)11-17-9-10-19(29-15(3)4)12-20(17)30-16(5)6/h9-10,12,14-16H,7-8,11,13H2,1-6H3,(H,23,24,25). The molecule has 8 nitrogen and oxygen atoms in total. The van der Waals surface area contributed by atoms with Crippen LogP contribution in [0.5, 0.6) is 11.5 Å². The van der Waals surface area contributed by atoms with Crippen molar-refractivity contribution in [3.63, 3.8) is 0 Å². The van der Waals surface area contributed by atoms with Crippen molar-refractivity contribution in [1.82, 2.24) is 4.98 Å². The molecule has 0 saturated carbocycles. The van der Waals surface area contributed by atoms with E-state index < -0.39 is 7.60 Å². The van der Waals surface area contributed by atoms with Crippen LogP contribution in [-0.2, 0) is 31.0 Å².